The van der Waals surface area contributed by atoms with Crippen LogP contribution in [0.15, 0.2) is 43.2 Å². The highest BCUT2D eigenvalue weighted by atomic mass is 16.2. The van der Waals surface area contributed by atoms with Crippen molar-refractivity contribution in [2.45, 2.75) is 33.2 Å². The highest BCUT2D eigenvalue weighted by molar-refractivity contribution is 5.99. The standard InChI is InChI=1S/C21H22N4O/c1-4-7-24-13-16(12-22-24)18-9-14(2)17-11-20(15(3)10-19(17)23-18)25-8-5-6-21(25)26/h4,9-13H,1,5-8H2,2-3H3. The molecule has 2 aromatic heterocycles. The van der Waals surface area contributed by atoms with Crippen molar-refractivity contribution >= 4 is 22.5 Å². The lowest BCUT2D eigenvalue weighted by molar-refractivity contribution is -0.117. The van der Waals surface area contributed by atoms with Crippen LogP contribution >= 0.6 is 0 Å². The van der Waals surface area contributed by atoms with E-state index in [-0.39, 0.29) is 5.91 Å². The third-order valence-electron chi connectivity index (χ3n) is 4.94. The van der Waals surface area contributed by atoms with Crippen molar-refractivity contribution in [3.8, 4) is 11.3 Å². The first-order valence-corrected chi connectivity index (χ1v) is 8.93. The van der Waals surface area contributed by atoms with E-state index in [1.165, 1.54) is 0 Å². The molecule has 0 radical (unpaired) electrons. The molecule has 0 atom stereocenters. The zero-order valence-corrected chi connectivity index (χ0v) is 15.2. The fourth-order valence-electron chi connectivity index (χ4n) is 3.60. The van der Waals surface area contributed by atoms with Crippen molar-refractivity contribution in [1.82, 2.24) is 14.8 Å². The number of allylic oxidation sites excluding steroid dienone is 1. The molecule has 1 aromatic carbocycles. The van der Waals surface area contributed by atoms with E-state index < -0.39 is 0 Å². The van der Waals surface area contributed by atoms with Crippen LogP contribution < -0.4 is 4.90 Å². The third kappa shape index (κ3) is 2.79. The molecule has 1 amide bonds. The molecule has 26 heavy (non-hydrogen) atoms. The molecule has 0 saturated carbocycles. The Hall–Kier alpha value is -2.95. The fourth-order valence-corrected chi connectivity index (χ4v) is 3.60. The number of hydrogen-bond donors (Lipinski definition) is 0. The number of aryl methyl sites for hydroxylation is 2. The van der Waals surface area contributed by atoms with Gasteiger partial charge in [0, 0.05) is 35.8 Å². The summed E-state index contributed by atoms with van der Waals surface area (Å²) in [5, 5.41) is 5.44. The van der Waals surface area contributed by atoms with Crippen LogP contribution in [0.5, 0.6) is 0 Å². The second-order valence-electron chi connectivity index (χ2n) is 6.87. The van der Waals surface area contributed by atoms with Gasteiger partial charge >= 0.3 is 0 Å². The first-order chi connectivity index (χ1) is 12.6. The van der Waals surface area contributed by atoms with Crippen molar-refractivity contribution < 1.29 is 4.79 Å². The summed E-state index contributed by atoms with van der Waals surface area (Å²) in [7, 11) is 0. The van der Waals surface area contributed by atoms with Gasteiger partial charge in [-0.15, -0.1) is 6.58 Å². The van der Waals surface area contributed by atoms with Gasteiger partial charge in [-0.05, 0) is 49.6 Å². The Morgan fingerprint density at radius 3 is 2.81 bits per heavy atom. The van der Waals surface area contributed by atoms with Gasteiger partial charge in [0.2, 0.25) is 5.91 Å². The molecule has 5 heteroatoms. The molecule has 3 heterocycles. The van der Waals surface area contributed by atoms with E-state index in [1.54, 1.807) is 0 Å². The van der Waals surface area contributed by atoms with Crippen LogP contribution in [0.2, 0.25) is 0 Å². The molecule has 1 aliphatic heterocycles. The Labute approximate surface area is 153 Å². The van der Waals surface area contributed by atoms with Crippen molar-refractivity contribution in [1.29, 1.82) is 0 Å². The minimum Gasteiger partial charge on any atom is -0.312 e. The first-order valence-electron chi connectivity index (χ1n) is 8.93. The lowest BCUT2D eigenvalue weighted by Gasteiger charge is -2.19. The van der Waals surface area contributed by atoms with Gasteiger partial charge in [-0.2, -0.15) is 5.10 Å². The minimum atomic E-state index is 0.212. The number of fused-ring (bicyclic) bond motifs is 1. The van der Waals surface area contributed by atoms with Crippen molar-refractivity contribution in [2.24, 2.45) is 0 Å². The number of anilines is 1. The zero-order valence-electron chi connectivity index (χ0n) is 15.2. The molecule has 4 rings (SSSR count). The molecule has 132 valence electrons. The van der Waals surface area contributed by atoms with E-state index in [0.29, 0.717) is 13.0 Å². The number of nitrogens with zero attached hydrogens (tertiary/aromatic N) is 4. The fraction of sp³-hybridized carbons (Fsp3) is 0.286. The second-order valence-corrected chi connectivity index (χ2v) is 6.87. The lowest BCUT2D eigenvalue weighted by Crippen LogP contribution is -2.24. The summed E-state index contributed by atoms with van der Waals surface area (Å²) in [5.74, 6) is 0.212. The van der Waals surface area contributed by atoms with Crippen LogP contribution in [-0.4, -0.2) is 27.2 Å². The summed E-state index contributed by atoms with van der Waals surface area (Å²) in [6, 6.07) is 6.28. The molecule has 0 N–H and O–H groups in total. The van der Waals surface area contributed by atoms with Gasteiger partial charge in [-0.1, -0.05) is 6.08 Å². The van der Waals surface area contributed by atoms with E-state index in [4.69, 9.17) is 4.98 Å². The SMILES string of the molecule is C=CCn1cc(-c2cc(C)c3cc(N4CCCC4=O)c(C)cc3n2)cn1. The molecular weight excluding hydrogens is 324 g/mol. The van der Waals surface area contributed by atoms with Crippen LogP contribution in [-0.2, 0) is 11.3 Å². The molecular formula is C21H22N4O. The maximum atomic E-state index is 12.1. The summed E-state index contributed by atoms with van der Waals surface area (Å²) in [6.07, 6.45) is 7.21. The summed E-state index contributed by atoms with van der Waals surface area (Å²) in [6.45, 7) is 9.37. The molecule has 3 aromatic rings. The molecule has 0 spiro atoms. The predicted octanol–water partition coefficient (Wildman–Crippen LogP) is 4.03. The number of hydrogen-bond acceptors (Lipinski definition) is 3. The number of benzene rings is 1. The van der Waals surface area contributed by atoms with Gasteiger partial charge in [0.1, 0.15) is 0 Å². The van der Waals surface area contributed by atoms with E-state index in [0.717, 1.165) is 51.9 Å². The molecule has 0 bridgehead atoms. The average molecular weight is 346 g/mol. The van der Waals surface area contributed by atoms with Crippen molar-refractivity contribution in [3.05, 3.63) is 54.4 Å². The van der Waals surface area contributed by atoms with Gasteiger partial charge in [0.05, 0.1) is 24.0 Å². The monoisotopic (exact) mass is 346 g/mol. The Kier molecular flexibility index (Phi) is 4.07. The lowest BCUT2D eigenvalue weighted by atomic mass is 10.0. The summed E-state index contributed by atoms with van der Waals surface area (Å²) in [4.78, 5) is 18.9. The summed E-state index contributed by atoms with van der Waals surface area (Å²) in [5.41, 5.74) is 6.09. The Balaban J connectivity index is 1.80. The molecule has 5 nitrogen and oxygen atoms in total. The van der Waals surface area contributed by atoms with Crippen LogP contribution in [0.1, 0.15) is 24.0 Å². The Morgan fingerprint density at radius 1 is 1.23 bits per heavy atom. The van der Waals surface area contributed by atoms with Crippen LogP contribution in [0.4, 0.5) is 5.69 Å². The van der Waals surface area contributed by atoms with Gasteiger partial charge in [0.15, 0.2) is 0 Å². The highest BCUT2D eigenvalue weighted by Gasteiger charge is 2.23. The number of rotatable bonds is 4. The van der Waals surface area contributed by atoms with Gasteiger partial charge in [-0.25, -0.2) is 4.98 Å². The van der Waals surface area contributed by atoms with Crippen molar-refractivity contribution in [3.63, 3.8) is 0 Å². The van der Waals surface area contributed by atoms with E-state index in [2.05, 4.69) is 36.8 Å². The zero-order chi connectivity index (χ0) is 18.3. The van der Waals surface area contributed by atoms with E-state index in [1.807, 2.05) is 35.0 Å². The van der Waals surface area contributed by atoms with Gasteiger partial charge in [-0.3, -0.25) is 9.48 Å². The molecule has 1 fully saturated rings. The topological polar surface area (TPSA) is 51.0 Å². The van der Waals surface area contributed by atoms with Crippen molar-refractivity contribution in [2.75, 3.05) is 11.4 Å². The number of amides is 1. The Morgan fingerprint density at radius 2 is 2.08 bits per heavy atom. The minimum absolute atomic E-state index is 0.212. The largest absolute Gasteiger partial charge is 0.312 e. The second kappa shape index (κ2) is 6.41. The molecule has 0 aliphatic carbocycles. The molecule has 1 aliphatic rings. The van der Waals surface area contributed by atoms with Gasteiger partial charge in [0.25, 0.3) is 0 Å². The maximum Gasteiger partial charge on any atom is 0.227 e. The summed E-state index contributed by atoms with van der Waals surface area (Å²) >= 11 is 0. The number of pyridine rings is 1. The third-order valence-corrected chi connectivity index (χ3v) is 4.94. The van der Waals surface area contributed by atoms with Crippen LogP contribution in [0, 0.1) is 13.8 Å². The number of carbonyl (C=O) groups is 1. The first kappa shape index (κ1) is 16.5. The molecule has 0 unspecified atom stereocenters. The van der Waals surface area contributed by atoms with E-state index in [9.17, 15) is 4.79 Å². The number of carbonyl (C=O) groups excluding carboxylic acids is 1. The average Bonchev–Trinajstić information content (AvgIpc) is 3.24. The van der Waals surface area contributed by atoms with E-state index >= 15 is 0 Å². The van der Waals surface area contributed by atoms with Gasteiger partial charge < -0.3 is 4.90 Å². The quantitative estimate of drug-likeness (QED) is 0.670. The molecule has 1 saturated heterocycles. The van der Waals surface area contributed by atoms with Crippen LogP contribution in [0.3, 0.4) is 0 Å². The summed E-state index contributed by atoms with van der Waals surface area (Å²) < 4.78 is 1.84. The number of aromatic nitrogens is 3. The predicted molar refractivity (Wildman–Crippen MR) is 104 cm³/mol. The smallest absolute Gasteiger partial charge is 0.227 e. The Bertz CT molecular complexity index is 1020. The van der Waals surface area contributed by atoms with Crippen LogP contribution in [0.25, 0.3) is 22.2 Å². The normalized spacial score (nSPS) is 14.4. The maximum absolute atomic E-state index is 12.1. The highest BCUT2D eigenvalue weighted by Crippen LogP contribution is 2.32.